The molecule has 0 radical (unpaired) electrons. The summed E-state index contributed by atoms with van der Waals surface area (Å²) in [5.74, 6) is 0. The quantitative estimate of drug-likeness (QED) is 0.645. The number of amides is 1. The van der Waals surface area contributed by atoms with Crippen molar-refractivity contribution in [2.24, 2.45) is 5.73 Å². The summed E-state index contributed by atoms with van der Waals surface area (Å²) >= 11 is 0. The average molecular weight is 364 g/mol. The second kappa shape index (κ2) is 8.29. The Kier molecular flexibility index (Phi) is 5.63. The summed E-state index contributed by atoms with van der Waals surface area (Å²) in [6.07, 6.45) is 0.0556. The molecule has 0 aliphatic heterocycles. The molecule has 0 aliphatic rings. The number of methoxy groups -OCH3 is 1. The molecule has 138 valence electrons. The average Bonchev–Trinajstić information content (AvgIpc) is 2.69. The SMILES string of the molecule is COC(=O)Nc1ccc(-c2cc([C@@H](N)Cc3ccccc3)n[nH]c2=O)cc1. The van der Waals surface area contributed by atoms with Crippen LogP contribution in [0.3, 0.4) is 0 Å². The van der Waals surface area contributed by atoms with Gasteiger partial charge in [0.05, 0.1) is 24.4 Å². The Balaban J connectivity index is 1.83. The molecule has 0 saturated carbocycles. The van der Waals surface area contributed by atoms with E-state index in [2.05, 4.69) is 20.3 Å². The van der Waals surface area contributed by atoms with E-state index in [1.807, 2.05) is 30.3 Å². The molecular weight excluding hydrogens is 344 g/mol. The van der Waals surface area contributed by atoms with Crippen molar-refractivity contribution in [3.63, 3.8) is 0 Å². The summed E-state index contributed by atoms with van der Waals surface area (Å²) in [6.45, 7) is 0. The standard InChI is InChI=1S/C20H20N4O3/c1-27-20(26)22-15-9-7-14(8-10-15)16-12-18(23-24-19(16)25)17(21)11-13-5-3-2-4-6-13/h2-10,12,17H,11,21H2,1H3,(H,22,26)(H,24,25)/t17-/m0/s1. The molecule has 7 heteroatoms. The maximum absolute atomic E-state index is 12.2. The minimum absolute atomic E-state index is 0.306. The van der Waals surface area contributed by atoms with Crippen LogP contribution in [0.2, 0.25) is 0 Å². The summed E-state index contributed by atoms with van der Waals surface area (Å²) in [7, 11) is 1.29. The molecular formula is C20H20N4O3. The summed E-state index contributed by atoms with van der Waals surface area (Å²) < 4.78 is 4.55. The second-order valence-corrected chi connectivity index (χ2v) is 6.03. The zero-order valence-electron chi connectivity index (χ0n) is 14.8. The molecule has 1 atom stereocenters. The van der Waals surface area contributed by atoms with Crippen molar-refractivity contribution in [3.05, 3.63) is 82.3 Å². The Labute approximate surface area is 156 Å². The maximum Gasteiger partial charge on any atom is 0.411 e. The van der Waals surface area contributed by atoms with Crippen LogP contribution in [-0.4, -0.2) is 23.4 Å². The Morgan fingerprint density at radius 1 is 1.19 bits per heavy atom. The van der Waals surface area contributed by atoms with Crippen LogP contribution in [0.25, 0.3) is 11.1 Å². The number of hydrogen-bond acceptors (Lipinski definition) is 5. The van der Waals surface area contributed by atoms with E-state index < -0.39 is 6.09 Å². The minimum Gasteiger partial charge on any atom is -0.453 e. The lowest BCUT2D eigenvalue weighted by molar-refractivity contribution is 0.187. The van der Waals surface area contributed by atoms with Crippen molar-refractivity contribution in [2.45, 2.75) is 12.5 Å². The monoisotopic (exact) mass is 364 g/mol. The van der Waals surface area contributed by atoms with Crippen molar-refractivity contribution in [1.29, 1.82) is 0 Å². The molecule has 0 spiro atoms. The third-order valence-electron chi connectivity index (χ3n) is 4.13. The number of nitrogens with two attached hydrogens (primary N) is 1. The predicted molar refractivity (Wildman–Crippen MR) is 103 cm³/mol. The fourth-order valence-electron chi connectivity index (χ4n) is 2.70. The molecule has 0 aliphatic carbocycles. The molecule has 3 aromatic rings. The van der Waals surface area contributed by atoms with Crippen molar-refractivity contribution in [1.82, 2.24) is 10.2 Å². The molecule has 1 amide bonds. The molecule has 0 fully saturated rings. The number of nitrogens with zero attached hydrogens (tertiary/aromatic N) is 1. The summed E-state index contributed by atoms with van der Waals surface area (Å²) in [6, 6.07) is 18.1. The fourth-order valence-corrected chi connectivity index (χ4v) is 2.70. The molecule has 0 unspecified atom stereocenters. The zero-order chi connectivity index (χ0) is 19.2. The van der Waals surface area contributed by atoms with Gasteiger partial charge >= 0.3 is 6.09 Å². The van der Waals surface area contributed by atoms with Gasteiger partial charge in [-0.05, 0) is 35.7 Å². The second-order valence-electron chi connectivity index (χ2n) is 6.03. The van der Waals surface area contributed by atoms with Gasteiger partial charge in [-0.25, -0.2) is 9.89 Å². The highest BCUT2D eigenvalue weighted by Crippen LogP contribution is 2.21. The van der Waals surface area contributed by atoms with Crippen LogP contribution >= 0.6 is 0 Å². The number of carbonyl (C=O) groups is 1. The number of nitrogens with one attached hydrogen (secondary N) is 2. The lowest BCUT2D eigenvalue weighted by Gasteiger charge is -2.12. The predicted octanol–water partition coefficient (Wildman–Crippen LogP) is 2.86. The lowest BCUT2D eigenvalue weighted by Crippen LogP contribution is -2.20. The number of aromatic nitrogens is 2. The van der Waals surface area contributed by atoms with Crippen molar-refractivity contribution in [3.8, 4) is 11.1 Å². The van der Waals surface area contributed by atoms with Crippen molar-refractivity contribution < 1.29 is 9.53 Å². The third-order valence-corrected chi connectivity index (χ3v) is 4.13. The lowest BCUT2D eigenvalue weighted by atomic mass is 10.0. The molecule has 1 aromatic heterocycles. The normalized spacial score (nSPS) is 11.6. The van der Waals surface area contributed by atoms with Gasteiger partial charge in [0.25, 0.3) is 5.56 Å². The van der Waals surface area contributed by atoms with Gasteiger partial charge in [-0.1, -0.05) is 42.5 Å². The van der Waals surface area contributed by atoms with Gasteiger partial charge in [0.15, 0.2) is 0 Å². The first kappa shape index (κ1) is 18.3. The van der Waals surface area contributed by atoms with Crippen LogP contribution in [0.1, 0.15) is 17.3 Å². The van der Waals surface area contributed by atoms with Crippen LogP contribution < -0.4 is 16.6 Å². The van der Waals surface area contributed by atoms with E-state index in [1.165, 1.54) is 7.11 Å². The highest BCUT2D eigenvalue weighted by atomic mass is 16.5. The Morgan fingerprint density at radius 2 is 1.89 bits per heavy atom. The minimum atomic E-state index is -0.557. The number of rotatable bonds is 5. The molecule has 3 rings (SSSR count). The van der Waals surface area contributed by atoms with E-state index >= 15 is 0 Å². The van der Waals surface area contributed by atoms with Crippen molar-refractivity contribution in [2.75, 3.05) is 12.4 Å². The molecule has 7 nitrogen and oxygen atoms in total. The Hall–Kier alpha value is -3.45. The van der Waals surface area contributed by atoms with E-state index in [-0.39, 0.29) is 11.6 Å². The van der Waals surface area contributed by atoms with Gasteiger partial charge in [0.2, 0.25) is 0 Å². The number of carbonyl (C=O) groups excluding carboxylic acids is 1. The molecule has 2 aromatic carbocycles. The van der Waals surface area contributed by atoms with Gasteiger partial charge in [-0.3, -0.25) is 10.1 Å². The van der Waals surface area contributed by atoms with Crippen LogP contribution in [0.15, 0.2) is 65.5 Å². The van der Waals surface area contributed by atoms with E-state index in [0.717, 1.165) is 5.56 Å². The first-order valence-electron chi connectivity index (χ1n) is 8.41. The van der Waals surface area contributed by atoms with Gasteiger partial charge in [-0.2, -0.15) is 5.10 Å². The van der Waals surface area contributed by atoms with Gasteiger partial charge in [0, 0.05) is 5.69 Å². The Morgan fingerprint density at radius 3 is 2.56 bits per heavy atom. The fraction of sp³-hybridized carbons (Fsp3) is 0.150. The largest absolute Gasteiger partial charge is 0.453 e. The number of aromatic amines is 1. The Bertz CT molecular complexity index is 969. The highest BCUT2D eigenvalue weighted by molar-refractivity contribution is 5.85. The van der Waals surface area contributed by atoms with Crippen LogP contribution in [0, 0.1) is 0 Å². The number of benzene rings is 2. The maximum atomic E-state index is 12.2. The number of H-pyrrole nitrogens is 1. The molecule has 1 heterocycles. The summed E-state index contributed by atoms with van der Waals surface area (Å²) in [4.78, 5) is 23.5. The smallest absolute Gasteiger partial charge is 0.411 e. The van der Waals surface area contributed by atoms with Crippen LogP contribution in [0.4, 0.5) is 10.5 Å². The first-order chi connectivity index (χ1) is 13.1. The number of anilines is 1. The van der Waals surface area contributed by atoms with Crippen molar-refractivity contribution >= 4 is 11.8 Å². The van der Waals surface area contributed by atoms with Gasteiger partial charge in [-0.15, -0.1) is 0 Å². The molecule has 0 bridgehead atoms. The zero-order valence-corrected chi connectivity index (χ0v) is 14.8. The van der Waals surface area contributed by atoms with Crippen LogP contribution in [-0.2, 0) is 11.2 Å². The van der Waals surface area contributed by atoms with E-state index in [1.54, 1.807) is 30.3 Å². The van der Waals surface area contributed by atoms with E-state index in [9.17, 15) is 9.59 Å². The van der Waals surface area contributed by atoms with Crippen LogP contribution in [0.5, 0.6) is 0 Å². The van der Waals surface area contributed by atoms with E-state index in [0.29, 0.717) is 28.9 Å². The summed E-state index contributed by atoms with van der Waals surface area (Å²) in [5, 5.41) is 9.17. The molecule has 4 N–H and O–H groups in total. The molecule has 27 heavy (non-hydrogen) atoms. The highest BCUT2D eigenvalue weighted by Gasteiger charge is 2.13. The van der Waals surface area contributed by atoms with Gasteiger partial charge < -0.3 is 10.5 Å². The number of ether oxygens (including phenoxy) is 1. The van der Waals surface area contributed by atoms with E-state index in [4.69, 9.17) is 5.73 Å². The van der Waals surface area contributed by atoms with Gasteiger partial charge in [0.1, 0.15) is 0 Å². The topological polar surface area (TPSA) is 110 Å². The third kappa shape index (κ3) is 4.59. The first-order valence-corrected chi connectivity index (χ1v) is 8.41. The number of hydrogen-bond donors (Lipinski definition) is 3. The molecule has 0 saturated heterocycles. The summed E-state index contributed by atoms with van der Waals surface area (Å²) in [5.41, 5.74) is 9.39.